The van der Waals surface area contributed by atoms with Gasteiger partial charge in [-0.1, -0.05) is 28.1 Å². The standard InChI is InChI=1S/C10H11BrO2/c1-13-10-7-9(12)5-4-8(10)3-2-6-11/h2-5,7,12H,6H2,1H3. The molecule has 1 rings (SSSR count). The van der Waals surface area contributed by atoms with E-state index >= 15 is 0 Å². The molecule has 0 amide bonds. The number of hydrogen-bond donors (Lipinski definition) is 1. The third kappa shape index (κ3) is 2.77. The molecule has 13 heavy (non-hydrogen) atoms. The summed E-state index contributed by atoms with van der Waals surface area (Å²) in [5, 5.41) is 9.98. The quantitative estimate of drug-likeness (QED) is 0.827. The van der Waals surface area contributed by atoms with Crippen LogP contribution in [0, 0.1) is 0 Å². The summed E-state index contributed by atoms with van der Waals surface area (Å²) < 4.78 is 5.10. The number of ether oxygens (including phenoxy) is 1. The molecule has 0 bridgehead atoms. The van der Waals surface area contributed by atoms with Crippen LogP contribution in [-0.2, 0) is 0 Å². The van der Waals surface area contributed by atoms with Gasteiger partial charge in [0, 0.05) is 17.0 Å². The Labute approximate surface area is 86.0 Å². The summed E-state index contributed by atoms with van der Waals surface area (Å²) in [4.78, 5) is 0. The summed E-state index contributed by atoms with van der Waals surface area (Å²) in [5.41, 5.74) is 0.958. The molecular weight excluding hydrogens is 232 g/mol. The fourth-order valence-electron chi connectivity index (χ4n) is 1.01. The minimum Gasteiger partial charge on any atom is -0.508 e. The number of methoxy groups -OCH3 is 1. The summed E-state index contributed by atoms with van der Waals surface area (Å²) in [7, 11) is 1.58. The molecule has 0 aliphatic heterocycles. The largest absolute Gasteiger partial charge is 0.508 e. The van der Waals surface area contributed by atoms with Crippen molar-refractivity contribution in [1.82, 2.24) is 0 Å². The predicted octanol–water partition coefficient (Wildman–Crippen LogP) is 2.81. The highest BCUT2D eigenvalue weighted by Gasteiger charge is 1.99. The molecule has 1 N–H and O–H groups in total. The van der Waals surface area contributed by atoms with Gasteiger partial charge in [-0.3, -0.25) is 0 Å². The molecule has 0 fully saturated rings. The second-order valence-corrected chi connectivity index (χ2v) is 3.13. The van der Waals surface area contributed by atoms with Crippen molar-refractivity contribution >= 4 is 22.0 Å². The molecule has 0 aliphatic rings. The number of aromatic hydroxyl groups is 1. The monoisotopic (exact) mass is 242 g/mol. The van der Waals surface area contributed by atoms with Crippen LogP contribution in [0.5, 0.6) is 11.5 Å². The molecule has 0 spiro atoms. The van der Waals surface area contributed by atoms with E-state index in [0.29, 0.717) is 5.75 Å². The molecule has 3 heteroatoms. The Balaban J connectivity index is 2.99. The zero-order chi connectivity index (χ0) is 9.68. The van der Waals surface area contributed by atoms with E-state index in [1.54, 1.807) is 19.2 Å². The van der Waals surface area contributed by atoms with Gasteiger partial charge in [0.05, 0.1) is 7.11 Å². The first-order chi connectivity index (χ1) is 6.27. The molecule has 2 nitrogen and oxygen atoms in total. The summed E-state index contributed by atoms with van der Waals surface area (Å²) in [5.74, 6) is 0.894. The fraction of sp³-hybridized carbons (Fsp3) is 0.200. The lowest BCUT2D eigenvalue weighted by Crippen LogP contribution is -1.86. The van der Waals surface area contributed by atoms with Crippen LogP contribution in [0.1, 0.15) is 5.56 Å². The van der Waals surface area contributed by atoms with Gasteiger partial charge < -0.3 is 9.84 Å². The van der Waals surface area contributed by atoms with Gasteiger partial charge in [0.1, 0.15) is 11.5 Å². The van der Waals surface area contributed by atoms with E-state index in [0.717, 1.165) is 10.9 Å². The second kappa shape index (κ2) is 4.92. The molecule has 0 aromatic heterocycles. The van der Waals surface area contributed by atoms with Crippen LogP contribution in [0.3, 0.4) is 0 Å². The molecular formula is C10H11BrO2. The van der Waals surface area contributed by atoms with E-state index in [-0.39, 0.29) is 5.75 Å². The van der Waals surface area contributed by atoms with E-state index < -0.39 is 0 Å². The minimum atomic E-state index is 0.216. The number of allylic oxidation sites excluding steroid dienone is 1. The third-order valence-electron chi connectivity index (χ3n) is 1.60. The number of alkyl halides is 1. The number of phenols is 1. The SMILES string of the molecule is COc1cc(O)ccc1C=CCBr. The van der Waals surface area contributed by atoms with E-state index in [1.807, 2.05) is 18.2 Å². The molecule has 0 saturated carbocycles. The maximum Gasteiger partial charge on any atom is 0.129 e. The fourth-order valence-corrected chi connectivity index (χ4v) is 1.20. The maximum atomic E-state index is 9.18. The number of hydrogen-bond acceptors (Lipinski definition) is 2. The smallest absolute Gasteiger partial charge is 0.129 e. The van der Waals surface area contributed by atoms with E-state index in [4.69, 9.17) is 4.74 Å². The predicted molar refractivity (Wildman–Crippen MR) is 57.5 cm³/mol. The Morgan fingerprint density at radius 3 is 2.92 bits per heavy atom. The molecule has 0 unspecified atom stereocenters. The van der Waals surface area contributed by atoms with Crippen LogP contribution in [0.15, 0.2) is 24.3 Å². The molecule has 0 radical (unpaired) electrons. The molecule has 1 aromatic carbocycles. The van der Waals surface area contributed by atoms with E-state index in [1.165, 1.54) is 0 Å². The van der Waals surface area contributed by atoms with Crippen molar-refractivity contribution in [3.63, 3.8) is 0 Å². The number of rotatable bonds is 3. The van der Waals surface area contributed by atoms with Crippen molar-refractivity contribution in [1.29, 1.82) is 0 Å². The van der Waals surface area contributed by atoms with Crippen molar-refractivity contribution in [2.45, 2.75) is 0 Å². The first kappa shape index (κ1) is 10.1. The summed E-state index contributed by atoms with van der Waals surface area (Å²) >= 11 is 3.29. The maximum absolute atomic E-state index is 9.18. The average Bonchev–Trinajstić information content (AvgIpc) is 2.16. The Hall–Kier alpha value is -0.960. The lowest BCUT2D eigenvalue weighted by Gasteiger charge is -2.04. The van der Waals surface area contributed by atoms with Gasteiger partial charge >= 0.3 is 0 Å². The first-order valence-electron chi connectivity index (χ1n) is 3.87. The molecule has 1 aromatic rings. The van der Waals surface area contributed by atoms with Crippen molar-refractivity contribution < 1.29 is 9.84 Å². The number of halogens is 1. The van der Waals surface area contributed by atoms with Gasteiger partial charge in [-0.05, 0) is 12.1 Å². The topological polar surface area (TPSA) is 29.5 Å². The lowest BCUT2D eigenvalue weighted by molar-refractivity contribution is 0.407. The van der Waals surface area contributed by atoms with Crippen LogP contribution in [0.2, 0.25) is 0 Å². The van der Waals surface area contributed by atoms with Crippen LogP contribution in [-0.4, -0.2) is 17.5 Å². The molecule has 0 heterocycles. The van der Waals surface area contributed by atoms with Crippen molar-refractivity contribution in [2.75, 3.05) is 12.4 Å². The molecule has 0 saturated heterocycles. The first-order valence-corrected chi connectivity index (χ1v) is 4.99. The van der Waals surface area contributed by atoms with Gasteiger partial charge in [0.15, 0.2) is 0 Å². The molecule has 0 atom stereocenters. The summed E-state index contributed by atoms with van der Waals surface area (Å²) in [6.45, 7) is 0. The van der Waals surface area contributed by atoms with Gasteiger partial charge in [0.2, 0.25) is 0 Å². The highest BCUT2D eigenvalue weighted by Crippen LogP contribution is 2.24. The van der Waals surface area contributed by atoms with Crippen LogP contribution in [0.4, 0.5) is 0 Å². The Morgan fingerprint density at radius 1 is 1.54 bits per heavy atom. The minimum absolute atomic E-state index is 0.216. The highest BCUT2D eigenvalue weighted by molar-refractivity contribution is 9.09. The van der Waals surface area contributed by atoms with Crippen molar-refractivity contribution in [3.05, 3.63) is 29.8 Å². The normalized spacial score (nSPS) is 10.6. The lowest BCUT2D eigenvalue weighted by atomic mass is 10.2. The van der Waals surface area contributed by atoms with Gasteiger partial charge in [-0.2, -0.15) is 0 Å². The van der Waals surface area contributed by atoms with Crippen LogP contribution >= 0.6 is 15.9 Å². The Bertz CT molecular complexity index is 308. The summed E-state index contributed by atoms with van der Waals surface area (Å²) in [6.07, 6.45) is 3.90. The van der Waals surface area contributed by atoms with Crippen molar-refractivity contribution in [2.24, 2.45) is 0 Å². The average molecular weight is 243 g/mol. The Kier molecular flexibility index (Phi) is 3.83. The van der Waals surface area contributed by atoms with Gasteiger partial charge in [-0.25, -0.2) is 0 Å². The molecule has 0 aliphatic carbocycles. The van der Waals surface area contributed by atoms with E-state index in [9.17, 15) is 5.11 Å². The zero-order valence-corrected chi connectivity index (χ0v) is 8.91. The number of benzene rings is 1. The van der Waals surface area contributed by atoms with Crippen molar-refractivity contribution in [3.8, 4) is 11.5 Å². The number of phenolic OH excluding ortho intramolecular Hbond substituents is 1. The van der Waals surface area contributed by atoms with Crippen LogP contribution in [0.25, 0.3) is 6.08 Å². The Morgan fingerprint density at radius 2 is 2.31 bits per heavy atom. The highest BCUT2D eigenvalue weighted by atomic mass is 79.9. The second-order valence-electron chi connectivity index (χ2n) is 2.48. The molecule has 70 valence electrons. The van der Waals surface area contributed by atoms with Crippen LogP contribution < -0.4 is 4.74 Å². The van der Waals surface area contributed by atoms with Gasteiger partial charge in [0.25, 0.3) is 0 Å². The summed E-state index contributed by atoms with van der Waals surface area (Å²) in [6, 6.07) is 5.04. The van der Waals surface area contributed by atoms with Gasteiger partial charge in [-0.15, -0.1) is 0 Å². The third-order valence-corrected chi connectivity index (χ3v) is 1.98. The zero-order valence-electron chi connectivity index (χ0n) is 7.33. The van der Waals surface area contributed by atoms with E-state index in [2.05, 4.69) is 15.9 Å².